The Labute approximate surface area is 87.7 Å². The Kier molecular flexibility index (Phi) is 3.59. The molecule has 0 aromatic carbocycles. The zero-order valence-corrected chi connectivity index (χ0v) is 9.97. The molecule has 1 fully saturated rings. The zero-order chi connectivity index (χ0) is 10.8. The number of hydrogen-bond donors (Lipinski definition) is 1. The molecule has 0 amide bonds. The van der Waals surface area contributed by atoms with Gasteiger partial charge in [-0.1, -0.05) is 32.6 Å². The van der Waals surface area contributed by atoms with E-state index in [0.717, 1.165) is 12.8 Å². The molecule has 1 rings (SSSR count). The van der Waals surface area contributed by atoms with E-state index < -0.39 is 5.60 Å². The molecule has 14 heavy (non-hydrogen) atoms. The van der Waals surface area contributed by atoms with Crippen LogP contribution in [0.2, 0.25) is 0 Å². The lowest BCUT2D eigenvalue weighted by atomic mass is 9.89. The van der Waals surface area contributed by atoms with Crippen molar-refractivity contribution in [3.63, 3.8) is 0 Å². The van der Waals surface area contributed by atoms with Crippen molar-refractivity contribution in [2.24, 2.45) is 0 Å². The molecule has 0 aromatic heterocycles. The Bertz CT molecular complexity index is 185. The molecule has 0 aromatic rings. The van der Waals surface area contributed by atoms with Gasteiger partial charge in [0.05, 0.1) is 11.2 Å². The Morgan fingerprint density at radius 1 is 1.29 bits per heavy atom. The fourth-order valence-corrected chi connectivity index (χ4v) is 2.19. The standard InChI is InChI=1S/C12H24O2/c1-5-6-7-8-9-12(4,13)10-11(2,3)14-10/h10,13H,5-9H2,1-4H3. The maximum Gasteiger partial charge on any atom is 0.115 e. The van der Waals surface area contributed by atoms with E-state index in [9.17, 15) is 5.11 Å². The van der Waals surface area contributed by atoms with Crippen LogP contribution in [0.3, 0.4) is 0 Å². The highest BCUT2D eigenvalue weighted by Crippen LogP contribution is 2.44. The minimum absolute atomic E-state index is 0.0385. The molecule has 1 aliphatic rings. The Hall–Kier alpha value is -0.0800. The fraction of sp³-hybridized carbons (Fsp3) is 1.00. The summed E-state index contributed by atoms with van der Waals surface area (Å²) in [6, 6.07) is 0. The number of unbranched alkanes of at least 4 members (excludes halogenated alkanes) is 3. The molecule has 0 bridgehead atoms. The maximum atomic E-state index is 10.2. The van der Waals surface area contributed by atoms with Gasteiger partial charge in [0, 0.05) is 0 Å². The van der Waals surface area contributed by atoms with Crippen molar-refractivity contribution in [1.82, 2.24) is 0 Å². The third-order valence-corrected chi connectivity index (χ3v) is 3.10. The molecule has 2 heteroatoms. The van der Waals surface area contributed by atoms with Crippen LogP contribution in [0.4, 0.5) is 0 Å². The highest BCUT2D eigenvalue weighted by atomic mass is 16.6. The number of hydrogen-bond acceptors (Lipinski definition) is 2. The summed E-state index contributed by atoms with van der Waals surface area (Å²) in [7, 11) is 0. The molecule has 0 spiro atoms. The molecule has 0 radical (unpaired) electrons. The summed E-state index contributed by atoms with van der Waals surface area (Å²) in [5.41, 5.74) is -0.731. The van der Waals surface area contributed by atoms with Gasteiger partial charge in [0.15, 0.2) is 0 Å². The fourth-order valence-electron chi connectivity index (χ4n) is 2.19. The van der Waals surface area contributed by atoms with Gasteiger partial charge in [-0.15, -0.1) is 0 Å². The normalized spacial score (nSPS) is 28.5. The van der Waals surface area contributed by atoms with E-state index in [1.165, 1.54) is 19.3 Å². The number of epoxide rings is 1. The summed E-state index contributed by atoms with van der Waals surface area (Å²) in [5, 5.41) is 10.2. The Balaban J connectivity index is 2.22. The van der Waals surface area contributed by atoms with Crippen molar-refractivity contribution >= 4 is 0 Å². The summed E-state index contributed by atoms with van der Waals surface area (Å²) in [5.74, 6) is 0. The lowest BCUT2D eigenvalue weighted by Crippen LogP contribution is -2.34. The smallest absolute Gasteiger partial charge is 0.115 e. The molecule has 84 valence electrons. The van der Waals surface area contributed by atoms with Crippen molar-refractivity contribution in [3.05, 3.63) is 0 Å². The van der Waals surface area contributed by atoms with Crippen LogP contribution in [0.15, 0.2) is 0 Å². The van der Waals surface area contributed by atoms with Crippen molar-refractivity contribution in [2.45, 2.75) is 77.1 Å². The molecule has 0 aliphatic carbocycles. The second-order valence-corrected chi connectivity index (χ2v) is 5.27. The van der Waals surface area contributed by atoms with Crippen molar-refractivity contribution in [3.8, 4) is 0 Å². The van der Waals surface area contributed by atoms with Crippen molar-refractivity contribution < 1.29 is 9.84 Å². The minimum Gasteiger partial charge on any atom is -0.387 e. The third-order valence-electron chi connectivity index (χ3n) is 3.10. The van der Waals surface area contributed by atoms with Gasteiger partial charge in [-0.25, -0.2) is 0 Å². The molecule has 0 saturated carbocycles. The third kappa shape index (κ3) is 2.96. The highest BCUT2D eigenvalue weighted by Gasteiger charge is 2.57. The minimum atomic E-state index is -0.628. The van der Waals surface area contributed by atoms with E-state index in [4.69, 9.17) is 4.74 Å². The van der Waals surface area contributed by atoms with Crippen LogP contribution in [0.25, 0.3) is 0 Å². The van der Waals surface area contributed by atoms with Gasteiger partial charge < -0.3 is 9.84 Å². The van der Waals surface area contributed by atoms with E-state index >= 15 is 0 Å². The van der Waals surface area contributed by atoms with Crippen LogP contribution in [-0.4, -0.2) is 22.4 Å². The second-order valence-electron chi connectivity index (χ2n) is 5.27. The second kappa shape index (κ2) is 4.19. The number of rotatable bonds is 6. The van der Waals surface area contributed by atoms with Gasteiger partial charge in [-0.05, 0) is 27.2 Å². The number of aliphatic hydroxyl groups is 1. The van der Waals surface area contributed by atoms with Gasteiger partial charge in [0.25, 0.3) is 0 Å². The average molecular weight is 200 g/mol. The lowest BCUT2D eigenvalue weighted by molar-refractivity contribution is 0.0191. The molecule has 2 unspecified atom stereocenters. The summed E-state index contributed by atoms with van der Waals surface area (Å²) >= 11 is 0. The zero-order valence-electron chi connectivity index (χ0n) is 9.97. The van der Waals surface area contributed by atoms with Gasteiger partial charge >= 0.3 is 0 Å². The molecule has 1 aliphatic heterocycles. The summed E-state index contributed by atoms with van der Waals surface area (Å²) in [4.78, 5) is 0. The summed E-state index contributed by atoms with van der Waals surface area (Å²) in [6.07, 6.45) is 5.74. The van der Waals surface area contributed by atoms with Gasteiger partial charge in [0.2, 0.25) is 0 Å². The maximum absolute atomic E-state index is 10.2. The van der Waals surface area contributed by atoms with E-state index in [1.807, 2.05) is 20.8 Å². The predicted octanol–water partition coefficient (Wildman–Crippen LogP) is 2.89. The van der Waals surface area contributed by atoms with Crippen LogP contribution < -0.4 is 0 Å². The monoisotopic (exact) mass is 200 g/mol. The SMILES string of the molecule is CCCCCCC(C)(O)C1OC1(C)C. The highest BCUT2D eigenvalue weighted by molar-refractivity contribution is 5.05. The number of ether oxygens (including phenoxy) is 1. The first-order valence-electron chi connectivity index (χ1n) is 5.80. The van der Waals surface area contributed by atoms with Crippen LogP contribution in [0, 0.1) is 0 Å². The van der Waals surface area contributed by atoms with Crippen LogP contribution in [0.1, 0.15) is 59.8 Å². The summed E-state index contributed by atoms with van der Waals surface area (Å²) in [6.45, 7) is 8.18. The largest absolute Gasteiger partial charge is 0.387 e. The van der Waals surface area contributed by atoms with Crippen LogP contribution in [0.5, 0.6) is 0 Å². The van der Waals surface area contributed by atoms with Gasteiger partial charge in [-0.2, -0.15) is 0 Å². The van der Waals surface area contributed by atoms with E-state index in [0.29, 0.717) is 0 Å². The molecule has 2 atom stereocenters. The molecular formula is C12H24O2. The predicted molar refractivity (Wildman–Crippen MR) is 58.3 cm³/mol. The van der Waals surface area contributed by atoms with Crippen molar-refractivity contribution in [1.29, 1.82) is 0 Å². The van der Waals surface area contributed by atoms with Crippen LogP contribution >= 0.6 is 0 Å². The molecule has 1 saturated heterocycles. The van der Waals surface area contributed by atoms with Crippen LogP contribution in [-0.2, 0) is 4.74 Å². The first-order valence-corrected chi connectivity index (χ1v) is 5.80. The molecule has 2 nitrogen and oxygen atoms in total. The Morgan fingerprint density at radius 2 is 1.86 bits per heavy atom. The molecule has 1 heterocycles. The summed E-state index contributed by atoms with van der Waals surface area (Å²) < 4.78 is 5.48. The van der Waals surface area contributed by atoms with Gasteiger partial charge in [-0.3, -0.25) is 0 Å². The molecular weight excluding hydrogens is 176 g/mol. The Morgan fingerprint density at radius 3 is 2.29 bits per heavy atom. The van der Waals surface area contributed by atoms with Crippen molar-refractivity contribution in [2.75, 3.05) is 0 Å². The van der Waals surface area contributed by atoms with Gasteiger partial charge in [0.1, 0.15) is 6.10 Å². The van der Waals surface area contributed by atoms with E-state index in [1.54, 1.807) is 0 Å². The average Bonchev–Trinajstić information content (AvgIpc) is 2.70. The first kappa shape index (κ1) is 12.0. The lowest BCUT2D eigenvalue weighted by Gasteiger charge is -2.21. The van der Waals surface area contributed by atoms with E-state index in [2.05, 4.69) is 6.92 Å². The van der Waals surface area contributed by atoms with E-state index in [-0.39, 0.29) is 11.7 Å². The first-order chi connectivity index (χ1) is 6.40. The quantitative estimate of drug-likeness (QED) is 0.528. The topological polar surface area (TPSA) is 32.8 Å². The molecule has 1 N–H and O–H groups in total.